The van der Waals surface area contributed by atoms with Gasteiger partial charge in [0.05, 0.1) is 18.4 Å². The van der Waals surface area contributed by atoms with Gasteiger partial charge in [-0.2, -0.15) is 0 Å². The molecule has 4 nitrogen and oxygen atoms in total. The topological polar surface area (TPSA) is 63.6 Å². The fourth-order valence-electron chi connectivity index (χ4n) is 1.96. The average molecular weight is 278 g/mol. The van der Waals surface area contributed by atoms with Crippen LogP contribution in [0.3, 0.4) is 0 Å². The quantitative estimate of drug-likeness (QED) is 0.586. The molecule has 1 aromatic rings. The molecule has 0 unspecified atom stereocenters. The van der Waals surface area contributed by atoms with Crippen molar-refractivity contribution in [2.75, 3.05) is 6.61 Å². The van der Waals surface area contributed by atoms with Crippen LogP contribution in [0.25, 0.3) is 0 Å². The Balaban J connectivity index is 2.65. The fraction of sp³-hybridized carbons (Fsp3) is 0.500. The number of carboxylic acid groups (broad SMARTS) is 1. The minimum Gasteiger partial charge on any atom is -0.481 e. The molecule has 20 heavy (non-hydrogen) atoms. The molecule has 1 aromatic carbocycles. The van der Waals surface area contributed by atoms with Crippen LogP contribution < -0.4 is 0 Å². The van der Waals surface area contributed by atoms with Crippen LogP contribution in [0.5, 0.6) is 0 Å². The highest BCUT2D eigenvalue weighted by molar-refractivity contribution is 5.81. The van der Waals surface area contributed by atoms with E-state index in [4.69, 9.17) is 4.74 Å². The van der Waals surface area contributed by atoms with Crippen LogP contribution in [-0.2, 0) is 20.7 Å². The van der Waals surface area contributed by atoms with Gasteiger partial charge in [0.2, 0.25) is 0 Å². The molecule has 0 amide bonds. The number of aliphatic carboxylic acids is 1. The van der Waals surface area contributed by atoms with Crippen molar-refractivity contribution in [1.82, 2.24) is 0 Å². The molecular formula is C16H22O4. The fourth-order valence-corrected chi connectivity index (χ4v) is 1.96. The summed E-state index contributed by atoms with van der Waals surface area (Å²) in [4.78, 5) is 23.2. The Labute approximate surface area is 119 Å². The summed E-state index contributed by atoms with van der Waals surface area (Å²) in [5.74, 6) is -2.80. The first-order valence-electron chi connectivity index (χ1n) is 6.99. The smallest absolute Gasteiger partial charge is 0.309 e. The number of esters is 1. The van der Waals surface area contributed by atoms with Crippen molar-refractivity contribution < 1.29 is 19.4 Å². The number of carbonyl (C=O) groups is 2. The standard InChI is InChI=1S/C16H22O4/c1-3-4-10-20-16(19)12(2)14(15(17)18)11-13-8-6-5-7-9-13/h5-9,12,14H,3-4,10-11H2,1-2H3,(H,17,18)/t12-,14+/m1/s1. The Morgan fingerprint density at radius 2 is 1.90 bits per heavy atom. The molecule has 1 rings (SSSR count). The van der Waals surface area contributed by atoms with Crippen LogP contribution in [-0.4, -0.2) is 23.7 Å². The van der Waals surface area contributed by atoms with Gasteiger partial charge in [0, 0.05) is 0 Å². The SMILES string of the molecule is CCCCOC(=O)[C@H](C)[C@H](Cc1ccccc1)C(=O)O. The second-order valence-electron chi connectivity index (χ2n) is 4.94. The number of unbranched alkanes of at least 4 members (excludes halogenated alkanes) is 1. The van der Waals surface area contributed by atoms with Crippen molar-refractivity contribution >= 4 is 11.9 Å². The predicted molar refractivity (Wildman–Crippen MR) is 76.3 cm³/mol. The van der Waals surface area contributed by atoms with Crippen LogP contribution in [0.15, 0.2) is 30.3 Å². The first-order chi connectivity index (χ1) is 9.56. The van der Waals surface area contributed by atoms with Crippen LogP contribution in [0, 0.1) is 11.8 Å². The molecule has 0 heterocycles. The van der Waals surface area contributed by atoms with Gasteiger partial charge in [0.25, 0.3) is 0 Å². The molecule has 0 bridgehead atoms. The molecule has 110 valence electrons. The number of carboxylic acids is 1. The summed E-state index contributed by atoms with van der Waals surface area (Å²) in [6.07, 6.45) is 2.07. The van der Waals surface area contributed by atoms with Gasteiger partial charge in [-0.05, 0) is 18.4 Å². The third-order valence-electron chi connectivity index (χ3n) is 3.33. The minimum absolute atomic E-state index is 0.334. The van der Waals surface area contributed by atoms with Gasteiger partial charge in [-0.3, -0.25) is 9.59 Å². The Morgan fingerprint density at radius 1 is 1.25 bits per heavy atom. The summed E-state index contributed by atoms with van der Waals surface area (Å²) in [6, 6.07) is 9.33. The molecule has 0 radical (unpaired) electrons. The third kappa shape index (κ3) is 5.03. The molecule has 0 saturated carbocycles. The summed E-state index contributed by atoms with van der Waals surface area (Å²) >= 11 is 0. The summed E-state index contributed by atoms with van der Waals surface area (Å²) < 4.78 is 5.11. The van der Waals surface area contributed by atoms with Gasteiger partial charge in [-0.25, -0.2) is 0 Å². The maximum absolute atomic E-state index is 11.9. The van der Waals surface area contributed by atoms with E-state index in [-0.39, 0.29) is 0 Å². The van der Waals surface area contributed by atoms with E-state index in [9.17, 15) is 14.7 Å². The first kappa shape index (κ1) is 16.2. The number of ether oxygens (including phenoxy) is 1. The molecule has 0 spiro atoms. The zero-order valence-corrected chi connectivity index (χ0v) is 12.0. The number of rotatable bonds is 8. The number of benzene rings is 1. The lowest BCUT2D eigenvalue weighted by Gasteiger charge is -2.19. The highest BCUT2D eigenvalue weighted by Gasteiger charge is 2.31. The molecule has 0 aliphatic carbocycles. The Kier molecular flexibility index (Phi) is 6.77. The van der Waals surface area contributed by atoms with Crippen molar-refractivity contribution in [2.24, 2.45) is 11.8 Å². The largest absolute Gasteiger partial charge is 0.481 e. The van der Waals surface area contributed by atoms with E-state index < -0.39 is 23.8 Å². The second kappa shape index (κ2) is 8.35. The lowest BCUT2D eigenvalue weighted by atomic mass is 9.88. The zero-order valence-electron chi connectivity index (χ0n) is 12.0. The van der Waals surface area contributed by atoms with Gasteiger partial charge in [-0.15, -0.1) is 0 Å². The monoisotopic (exact) mass is 278 g/mol. The molecule has 0 saturated heterocycles. The van der Waals surface area contributed by atoms with E-state index >= 15 is 0 Å². The third-order valence-corrected chi connectivity index (χ3v) is 3.33. The van der Waals surface area contributed by atoms with Crippen LogP contribution in [0.2, 0.25) is 0 Å². The van der Waals surface area contributed by atoms with E-state index in [1.54, 1.807) is 6.92 Å². The summed E-state index contributed by atoms with van der Waals surface area (Å²) in [5.41, 5.74) is 0.910. The summed E-state index contributed by atoms with van der Waals surface area (Å²) in [7, 11) is 0. The van der Waals surface area contributed by atoms with Crippen molar-refractivity contribution in [3.05, 3.63) is 35.9 Å². The molecular weight excluding hydrogens is 256 g/mol. The maximum Gasteiger partial charge on any atom is 0.309 e. The van der Waals surface area contributed by atoms with Crippen molar-refractivity contribution in [1.29, 1.82) is 0 Å². The van der Waals surface area contributed by atoms with Gasteiger partial charge >= 0.3 is 11.9 Å². The molecule has 4 heteroatoms. The van der Waals surface area contributed by atoms with Gasteiger partial charge in [-0.1, -0.05) is 50.6 Å². The van der Waals surface area contributed by atoms with E-state index in [1.165, 1.54) is 0 Å². The molecule has 0 aliphatic heterocycles. The maximum atomic E-state index is 11.9. The summed E-state index contributed by atoms with van der Waals surface area (Å²) in [6.45, 7) is 3.99. The van der Waals surface area contributed by atoms with Gasteiger partial charge in [0.1, 0.15) is 0 Å². The van der Waals surface area contributed by atoms with Crippen molar-refractivity contribution in [3.8, 4) is 0 Å². The van der Waals surface area contributed by atoms with E-state index in [2.05, 4.69) is 0 Å². The van der Waals surface area contributed by atoms with Crippen molar-refractivity contribution in [3.63, 3.8) is 0 Å². The zero-order chi connectivity index (χ0) is 15.0. The van der Waals surface area contributed by atoms with Crippen molar-refractivity contribution in [2.45, 2.75) is 33.1 Å². The van der Waals surface area contributed by atoms with Crippen LogP contribution in [0.1, 0.15) is 32.3 Å². The van der Waals surface area contributed by atoms with Gasteiger partial charge < -0.3 is 9.84 Å². The molecule has 0 aliphatic rings. The predicted octanol–water partition coefficient (Wildman–Crippen LogP) is 2.91. The number of hydrogen-bond acceptors (Lipinski definition) is 3. The highest BCUT2D eigenvalue weighted by Crippen LogP contribution is 2.19. The Hall–Kier alpha value is -1.84. The lowest BCUT2D eigenvalue weighted by Crippen LogP contribution is -2.31. The first-order valence-corrected chi connectivity index (χ1v) is 6.99. The Bertz CT molecular complexity index is 427. The second-order valence-corrected chi connectivity index (χ2v) is 4.94. The van der Waals surface area contributed by atoms with Crippen LogP contribution >= 0.6 is 0 Å². The number of carbonyl (C=O) groups excluding carboxylic acids is 1. The van der Waals surface area contributed by atoms with E-state index in [0.29, 0.717) is 13.0 Å². The Morgan fingerprint density at radius 3 is 2.45 bits per heavy atom. The van der Waals surface area contributed by atoms with E-state index in [0.717, 1.165) is 18.4 Å². The average Bonchev–Trinajstić information content (AvgIpc) is 2.45. The molecule has 2 atom stereocenters. The highest BCUT2D eigenvalue weighted by atomic mass is 16.5. The minimum atomic E-state index is -0.964. The lowest BCUT2D eigenvalue weighted by molar-refractivity contribution is -0.157. The van der Waals surface area contributed by atoms with Crippen LogP contribution in [0.4, 0.5) is 0 Å². The number of hydrogen-bond donors (Lipinski definition) is 1. The molecule has 0 aromatic heterocycles. The van der Waals surface area contributed by atoms with E-state index in [1.807, 2.05) is 37.3 Å². The molecule has 0 fully saturated rings. The normalized spacial score (nSPS) is 13.5. The van der Waals surface area contributed by atoms with Gasteiger partial charge in [0.15, 0.2) is 0 Å². The molecule has 1 N–H and O–H groups in total. The summed E-state index contributed by atoms with van der Waals surface area (Å²) in [5, 5.41) is 9.32.